The van der Waals surface area contributed by atoms with Crippen LogP contribution in [-0.2, 0) is 13.0 Å². The Morgan fingerprint density at radius 1 is 1.10 bits per heavy atom. The summed E-state index contributed by atoms with van der Waals surface area (Å²) in [5, 5.41) is 5.78. The van der Waals surface area contributed by atoms with Crippen LogP contribution in [-0.4, -0.2) is 51.6 Å². The zero-order chi connectivity index (χ0) is 29.3. The average Bonchev–Trinajstić information content (AvgIpc) is 3.77. The summed E-state index contributed by atoms with van der Waals surface area (Å²) in [6.45, 7) is 5.19. The highest BCUT2D eigenvalue weighted by atomic mass is 35.5. The molecule has 226 valence electrons. The summed E-state index contributed by atoms with van der Waals surface area (Å²) in [5.41, 5.74) is 6.31. The van der Waals surface area contributed by atoms with Crippen LogP contribution >= 0.6 is 12.4 Å². The van der Waals surface area contributed by atoms with Crippen LogP contribution in [0.5, 0.6) is 0 Å². The van der Waals surface area contributed by atoms with Crippen molar-refractivity contribution < 1.29 is 14.0 Å². The van der Waals surface area contributed by atoms with Gasteiger partial charge in [-0.3, -0.25) is 18.7 Å². The van der Waals surface area contributed by atoms with E-state index >= 15 is 4.39 Å². The number of nitrogens with zero attached hydrogens (tertiary/aromatic N) is 3. The molecule has 2 heterocycles. The summed E-state index contributed by atoms with van der Waals surface area (Å²) >= 11 is 0. The number of nitrogens with two attached hydrogens (primary N) is 1. The molecule has 4 N–H and O–H groups in total. The van der Waals surface area contributed by atoms with Crippen molar-refractivity contribution in [3.8, 4) is 0 Å². The molecule has 2 fully saturated rings. The molecule has 1 aliphatic carbocycles. The smallest absolute Gasteiger partial charge is 0.331 e. The van der Waals surface area contributed by atoms with Crippen LogP contribution in [0, 0.1) is 11.7 Å². The lowest BCUT2D eigenvalue weighted by atomic mass is 10.0. The number of hydrogen-bond donors (Lipinski definition) is 3. The summed E-state index contributed by atoms with van der Waals surface area (Å²) < 4.78 is 17.9. The lowest BCUT2D eigenvalue weighted by Gasteiger charge is -2.33. The zero-order valence-electron chi connectivity index (χ0n) is 23.9. The number of carbonyl (C=O) groups excluding carboxylic acids is 2. The number of amides is 3. The van der Waals surface area contributed by atoms with E-state index in [2.05, 4.69) is 10.6 Å². The van der Waals surface area contributed by atoms with Crippen LogP contribution in [0.4, 0.5) is 14.9 Å². The van der Waals surface area contributed by atoms with Crippen molar-refractivity contribution in [2.24, 2.45) is 11.7 Å². The Balaban J connectivity index is 0.00000405. The monoisotopic (exact) mass is 600 g/mol. The van der Waals surface area contributed by atoms with Crippen molar-refractivity contribution in [3.05, 3.63) is 74.2 Å². The molecule has 1 saturated heterocycles. The van der Waals surface area contributed by atoms with Crippen molar-refractivity contribution in [3.63, 3.8) is 0 Å². The van der Waals surface area contributed by atoms with Crippen LogP contribution in [0.25, 0.3) is 10.9 Å². The second kappa shape index (κ2) is 13.1. The number of rotatable bonds is 8. The molecule has 0 radical (unpaired) electrons. The molecule has 12 heteroatoms. The summed E-state index contributed by atoms with van der Waals surface area (Å²) in [5.74, 6) is -0.670. The lowest BCUT2D eigenvalue weighted by Crippen LogP contribution is -2.50. The molecule has 42 heavy (non-hydrogen) atoms. The maximum absolute atomic E-state index is 15.3. The molecular formula is C30H38ClFN6O4. The molecule has 3 aromatic rings. The van der Waals surface area contributed by atoms with E-state index < -0.39 is 23.1 Å². The van der Waals surface area contributed by atoms with Gasteiger partial charge in [-0.15, -0.1) is 12.4 Å². The fourth-order valence-electron chi connectivity index (χ4n) is 5.45. The summed E-state index contributed by atoms with van der Waals surface area (Å²) in [7, 11) is 0. The van der Waals surface area contributed by atoms with Crippen LogP contribution in [0.15, 0.2) is 46.0 Å². The van der Waals surface area contributed by atoms with E-state index in [0.717, 1.165) is 30.9 Å². The molecule has 0 spiro atoms. The Morgan fingerprint density at radius 2 is 1.81 bits per heavy atom. The van der Waals surface area contributed by atoms with Gasteiger partial charge in [-0.05, 0) is 82.2 Å². The molecule has 1 aliphatic heterocycles. The first-order chi connectivity index (χ1) is 19.7. The van der Waals surface area contributed by atoms with Crippen molar-refractivity contribution in [1.29, 1.82) is 0 Å². The number of carbonyl (C=O) groups is 2. The summed E-state index contributed by atoms with van der Waals surface area (Å²) in [6, 6.07) is 8.66. The fraction of sp³-hybridized carbons (Fsp3) is 0.467. The van der Waals surface area contributed by atoms with Gasteiger partial charge in [-0.25, -0.2) is 14.0 Å². The standard InChI is InChI=1S/C30H37FN6O4.ClH/c1-18(2)37-26-15-24(31)25(14-23(26)28(39)36(30(37)41)16-20-5-6-20)34-29(40)35-13-3-4-22(17-35)33-27(38)21-9-7-19(8-10-21)11-12-32;/h7-10,14-15,18,20,22H,3-6,11-13,16-17,32H2,1-2H3,(H,33,38)(H,34,40);1H/t22-;/m1./s1. The predicted octanol–water partition coefficient (Wildman–Crippen LogP) is 3.64. The maximum atomic E-state index is 15.3. The van der Waals surface area contributed by atoms with Gasteiger partial charge < -0.3 is 21.3 Å². The van der Waals surface area contributed by atoms with Crippen LogP contribution in [0.3, 0.4) is 0 Å². The minimum absolute atomic E-state index is 0. The molecule has 5 rings (SSSR count). The molecule has 2 aromatic carbocycles. The topological polar surface area (TPSA) is 131 Å². The van der Waals surface area contributed by atoms with E-state index in [-0.39, 0.29) is 53.5 Å². The molecule has 1 saturated carbocycles. The van der Waals surface area contributed by atoms with Gasteiger partial charge in [0.15, 0.2) is 0 Å². The highest BCUT2D eigenvalue weighted by Gasteiger charge is 2.28. The second-order valence-corrected chi connectivity index (χ2v) is 11.4. The van der Waals surface area contributed by atoms with Crippen LogP contribution in [0.2, 0.25) is 0 Å². The quantitative estimate of drug-likeness (QED) is 0.363. The number of likely N-dealkylation sites (tertiary alicyclic amines) is 1. The van der Waals surface area contributed by atoms with Crippen molar-refractivity contribution >= 4 is 40.9 Å². The van der Waals surface area contributed by atoms with Gasteiger partial charge >= 0.3 is 11.7 Å². The number of benzene rings is 2. The number of aromatic nitrogens is 2. The summed E-state index contributed by atoms with van der Waals surface area (Å²) in [4.78, 5) is 53.9. The van der Waals surface area contributed by atoms with Gasteiger partial charge in [-0.1, -0.05) is 12.1 Å². The first-order valence-corrected chi connectivity index (χ1v) is 14.3. The van der Waals surface area contributed by atoms with Crippen LogP contribution in [0.1, 0.15) is 61.5 Å². The Hall–Kier alpha value is -3.70. The van der Waals surface area contributed by atoms with E-state index in [1.165, 1.54) is 20.1 Å². The highest BCUT2D eigenvalue weighted by Crippen LogP contribution is 2.30. The van der Waals surface area contributed by atoms with E-state index in [4.69, 9.17) is 5.73 Å². The SMILES string of the molecule is CC(C)n1c(=O)n(CC2CC2)c(=O)c2cc(NC(=O)N3CCC[C@@H](NC(=O)c4ccc(CCN)cc4)C3)c(F)cc21.Cl. The van der Waals surface area contributed by atoms with Gasteiger partial charge in [0.2, 0.25) is 0 Å². The third-order valence-electron chi connectivity index (χ3n) is 7.85. The highest BCUT2D eigenvalue weighted by molar-refractivity contribution is 5.95. The Kier molecular flexibility index (Phi) is 9.73. The van der Waals surface area contributed by atoms with Crippen molar-refractivity contribution in [2.45, 2.75) is 64.6 Å². The minimum Gasteiger partial charge on any atom is -0.348 e. The molecule has 3 amide bonds. The van der Waals surface area contributed by atoms with E-state index in [1.807, 2.05) is 26.0 Å². The number of anilines is 1. The lowest BCUT2D eigenvalue weighted by molar-refractivity contribution is 0.0913. The summed E-state index contributed by atoms with van der Waals surface area (Å²) in [6.07, 6.45) is 4.04. The third kappa shape index (κ3) is 6.68. The Morgan fingerprint density at radius 3 is 2.45 bits per heavy atom. The molecule has 0 bridgehead atoms. The van der Waals surface area contributed by atoms with Crippen LogP contribution < -0.4 is 27.6 Å². The number of fused-ring (bicyclic) bond motifs is 1. The Labute approximate surface area is 249 Å². The largest absolute Gasteiger partial charge is 0.348 e. The first kappa shape index (κ1) is 31.2. The predicted molar refractivity (Wildman–Crippen MR) is 163 cm³/mol. The first-order valence-electron chi connectivity index (χ1n) is 14.3. The van der Waals surface area contributed by atoms with E-state index in [0.29, 0.717) is 44.0 Å². The van der Waals surface area contributed by atoms with Crippen molar-refractivity contribution in [2.75, 3.05) is 25.0 Å². The van der Waals surface area contributed by atoms with Gasteiger partial charge in [0, 0.05) is 43.3 Å². The molecule has 0 unspecified atom stereocenters. The minimum atomic E-state index is -0.737. The van der Waals surface area contributed by atoms with E-state index in [1.54, 1.807) is 12.1 Å². The Bertz CT molecular complexity index is 1580. The second-order valence-electron chi connectivity index (χ2n) is 11.4. The number of urea groups is 1. The number of nitrogens with one attached hydrogen (secondary N) is 2. The van der Waals surface area contributed by atoms with Gasteiger partial charge in [0.05, 0.1) is 16.6 Å². The van der Waals surface area contributed by atoms with Crippen molar-refractivity contribution in [1.82, 2.24) is 19.4 Å². The zero-order valence-corrected chi connectivity index (χ0v) is 24.7. The third-order valence-corrected chi connectivity index (χ3v) is 7.85. The molecular weight excluding hydrogens is 563 g/mol. The maximum Gasteiger partial charge on any atom is 0.331 e. The molecule has 10 nitrogen and oxygen atoms in total. The van der Waals surface area contributed by atoms with Gasteiger partial charge in [0.1, 0.15) is 5.82 Å². The average molecular weight is 601 g/mol. The van der Waals surface area contributed by atoms with Gasteiger partial charge in [0.25, 0.3) is 11.5 Å². The number of piperidine rings is 1. The van der Waals surface area contributed by atoms with E-state index in [9.17, 15) is 19.2 Å². The number of hydrogen-bond acceptors (Lipinski definition) is 5. The van der Waals surface area contributed by atoms with Gasteiger partial charge in [-0.2, -0.15) is 0 Å². The molecule has 1 atom stereocenters. The fourth-order valence-corrected chi connectivity index (χ4v) is 5.45. The normalized spacial score (nSPS) is 16.8. The number of halogens is 2. The molecule has 1 aromatic heterocycles. The molecule has 2 aliphatic rings.